The maximum absolute atomic E-state index is 11.5. The van der Waals surface area contributed by atoms with Gasteiger partial charge in [-0.15, -0.1) is 0 Å². The molecule has 6 nitrogen and oxygen atoms in total. The van der Waals surface area contributed by atoms with Crippen LogP contribution in [0.2, 0.25) is 0 Å². The summed E-state index contributed by atoms with van der Waals surface area (Å²) in [5.41, 5.74) is 0. The quantitative estimate of drug-likeness (QED) is 0.686. The van der Waals surface area contributed by atoms with E-state index in [0.29, 0.717) is 0 Å². The summed E-state index contributed by atoms with van der Waals surface area (Å²) in [5.74, 6) is 0. The van der Waals surface area contributed by atoms with Gasteiger partial charge < -0.3 is 9.67 Å². The third-order valence-corrected chi connectivity index (χ3v) is 3.06. The molecule has 2 N–H and O–H groups in total. The highest BCUT2D eigenvalue weighted by molar-refractivity contribution is 7.89. The molecule has 80 valence electrons. The van der Waals surface area contributed by atoms with Crippen LogP contribution in [0.3, 0.4) is 0 Å². The van der Waals surface area contributed by atoms with Crippen LogP contribution in [0.4, 0.5) is 0 Å². The Morgan fingerprint density at radius 2 is 2.36 bits per heavy atom. The van der Waals surface area contributed by atoms with Gasteiger partial charge in [0.05, 0.1) is 12.9 Å². The molecule has 0 saturated heterocycles. The summed E-state index contributed by atoms with van der Waals surface area (Å²) in [4.78, 5) is 3.71. The fourth-order valence-electron chi connectivity index (χ4n) is 0.890. The molecule has 0 fully saturated rings. The number of aromatic nitrogens is 2. The van der Waals surface area contributed by atoms with E-state index in [0.717, 1.165) is 0 Å². The van der Waals surface area contributed by atoms with Gasteiger partial charge in [0, 0.05) is 19.3 Å². The molecule has 0 aromatic carbocycles. The molecule has 1 heterocycles. The lowest BCUT2D eigenvalue weighted by molar-refractivity contribution is 0.265. The Hall–Kier alpha value is -0.920. The van der Waals surface area contributed by atoms with Crippen molar-refractivity contribution in [2.24, 2.45) is 7.05 Å². The highest BCUT2D eigenvalue weighted by Gasteiger charge is 2.18. The Balaban J connectivity index is 2.86. The van der Waals surface area contributed by atoms with Gasteiger partial charge in [-0.25, -0.2) is 18.1 Å². The lowest BCUT2D eigenvalue weighted by Gasteiger charge is -2.08. The molecule has 1 atom stereocenters. The third-order valence-electron chi connectivity index (χ3n) is 1.59. The molecule has 14 heavy (non-hydrogen) atoms. The zero-order chi connectivity index (χ0) is 10.8. The minimum Gasteiger partial charge on any atom is -0.395 e. The second kappa shape index (κ2) is 4.07. The van der Waals surface area contributed by atoms with Gasteiger partial charge in [0.15, 0.2) is 5.03 Å². The molecule has 0 aliphatic heterocycles. The Morgan fingerprint density at radius 1 is 1.71 bits per heavy atom. The van der Waals surface area contributed by atoms with Crippen molar-refractivity contribution in [2.45, 2.75) is 18.0 Å². The number of imidazole rings is 1. The number of rotatable bonds is 4. The Morgan fingerprint density at radius 3 is 2.79 bits per heavy atom. The van der Waals surface area contributed by atoms with Crippen molar-refractivity contribution in [3.05, 3.63) is 12.5 Å². The number of nitrogens with zero attached hydrogens (tertiary/aromatic N) is 2. The summed E-state index contributed by atoms with van der Waals surface area (Å²) < 4.78 is 26.9. The third kappa shape index (κ3) is 2.53. The van der Waals surface area contributed by atoms with E-state index < -0.39 is 16.1 Å². The average Bonchev–Trinajstić information content (AvgIpc) is 2.51. The lowest BCUT2D eigenvalue weighted by Crippen LogP contribution is -2.35. The first-order valence-electron chi connectivity index (χ1n) is 4.07. The van der Waals surface area contributed by atoms with Gasteiger partial charge in [0.1, 0.15) is 0 Å². The molecule has 1 aromatic rings. The SMILES string of the molecule is CC(CO)NS(=O)(=O)c1cn(C)cn1. The number of nitrogens with one attached hydrogen (secondary N) is 1. The van der Waals surface area contributed by atoms with Gasteiger partial charge in [0.25, 0.3) is 10.0 Å². The zero-order valence-corrected chi connectivity index (χ0v) is 8.82. The summed E-state index contributed by atoms with van der Waals surface area (Å²) in [7, 11) is -1.91. The maximum Gasteiger partial charge on any atom is 0.259 e. The summed E-state index contributed by atoms with van der Waals surface area (Å²) in [6.45, 7) is 1.33. The summed E-state index contributed by atoms with van der Waals surface area (Å²) in [5, 5.41) is 8.66. The first-order valence-corrected chi connectivity index (χ1v) is 5.55. The van der Waals surface area contributed by atoms with E-state index in [1.165, 1.54) is 17.1 Å². The number of aliphatic hydroxyl groups is 1. The van der Waals surface area contributed by atoms with Crippen molar-refractivity contribution < 1.29 is 13.5 Å². The molecule has 0 bridgehead atoms. The average molecular weight is 219 g/mol. The molecule has 7 heteroatoms. The van der Waals surface area contributed by atoms with Crippen molar-refractivity contribution in [1.29, 1.82) is 0 Å². The lowest BCUT2D eigenvalue weighted by atomic mass is 10.4. The van der Waals surface area contributed by atoms with Crippen LogP contribution in [0, 0.1) is 0 Å². The zero-order valence-electron chi connectivity index (χ0n) is 8.01. The number of aryl methyl sites for hydroxylation is 1. The first-order chi connectivity index (χ1) is 6.45. The van der Waals surface area contributed by atoms with Gasteiger partial charge in [-0.05, 0) is 6.92 Å². The molecule has 0 spiro atoms. The summed E-state index contributed by atoms with van der Waals surface area (Å²) in [6, 6.07) is -0.512. The summed E-state index contributed by atoms with van der Waals surface area (Å²) in [6.07, 6.45) is 2.80. The van der Waals surface area contributed by atoms with Crippen molar-refractivity contribution in [2.75, 3.05) is 6.61 Å². The smallest absolute Gasteiger partial charge is 0.259 e. The highest BCUT2D eigenvalue weighted by Crippen LogP contribution is 2.04. The predicted octanol–water partition coefficient (Wildman–Crippen LogP) is -0.921. The number of hydrogen-bond acceptors (Lipinski definition) is 4. The molecule has 0 aliphatic carbocycles. The van der Waals surface area contributed by atoms with Crippen LogP contribution in [0.1, 0.15) is 6.92 Å². The van der Waals surface area contributed by atoms with E-state index in [1.807, 2.05) is 0 Å². The van der Waals surface area contributed by atoms with Gasteiger partial charge in [-0.1, -0.05) is 0 Å². The van der Waals surface area contributed by atoms with Crippen molar-refractivity contribution >= 4 is 10.0 Å². The van der Waals surface area contributed by atoms with Gasteiger partial charge in [-0.2, -0.15) is 0 Å². The molecular weight excluding hydrogens is 206 g/mol. The van der Waals surface area contributed by atoms with Gasteiger partial charge in [0.2, 0.25) is 0 Å². The molecule has 0 aliphatic rings. The second-order valence-electron chi connectivity index (χ2n) is 3.08. The Bertz CT molecular complexity index is 398. The van der Waals surface area contributed by atoms with E-state index in [-0.39, 0.29) is 11.6 Å². The van der Waals surface area contributed by atoms with Crippen molar-refractivity contribution in [3.63, 3.8) is 0 Å². The van der Waals surface area contributed by atoms with Crippen LogP contribution >= 0.6 is 0 Å². The van der Waals surface area contributed by atoms with Gasteiger partial charge in [-0.3, -0.25) is 0 Å². The topological polar surface area (TPSA) is 84.2 Å². The normalized spacial score (nSPS) is 14.2. The molecule has 0 amide bonds. The number of aliphatic hydroxyl groups excluding tert-OH is 1. The fourth-order valence-corrected chi connectivity index (χ4v) is 2.11. The van der Waals surface area contributed by atoms with E-state index in [1.54, 1.807) is 14.0 Å². The van der Waals surface area contributed by atoms with Crippen molar-refractivity contribution in [1.82, 2.24) is 14.3 Å². The van der Waals surface area contributed by atoms with Crippen LogP contribution in [-0.2, 0) is 17.1 Å². The predicted molar refractivity (Wildman–Crippen MR) is 50.1 cm³/mol. The van der Waals surface area contributed by atoms with E-state index >= 15 is 0 Å². The van der Waals surface area contributed by atoms with Crippen molar-refractivity contribution in [3.8, 4) is 0 Å². The van der Waals surface area contributed by atoms with Crippen LogP contribution in [0.15, 0.2) is 17.6 Å². The molecule has 0 saturated carbocycles. The van der Waals surface area contributed by atoms with E-state index in [9.17, 15) is 8.42 Å². The van der Waals surface area contributed by atoms with Crippen LogP contribution in [-0.4, -0.2) is 35.7 Å². The fraction of sp³-hybridized carbons (Fsp3) is 0.571. The van der Waals surface area contributed by atoms with E-state index in [4.69, 9.17) is 5.11 Å². The highest BCUT2D eigenvalue weighted by atomic mass is 32.2. The molecule has 1 unspecified atom stereocenters. The number of hydrogen-bond donors (Lipinski definition) is 2. The van der Waals surface area contributed by atoms with E-state index in [2.05, 4.69) is 9.71 Å². The van der Waals surface area contributed by atoms with Crippen LogP contribution < -0.4 is 4.72 Å². The largest absolute Gasteiger partial charge is 0.395 e. The summed E-state index contributed by atoms with van der Waals surface area (Å²) >= 11 is 0. The minimum absolute atomic E-state index is 0.0414. The minimum atomic E-state index is -3.59. The van der Waals surface area contributed by atoms with Gasteiger partial charge >= 0.3 is 0 Å². The van der Waals surface area contributed by atoms with Crippen LogP contribution in [0.5, 0.6) is 0 Å². The molecule has 1 aromatic heterocycles. The Kier molecular flexibility index (Phi) is 3.25. The first kappa shape index (κ1) is 11.2. The standard InChI is InChI=1S/C7H13N3O3S/c1-6(4-11)9-14(12,13)7-3-10(2)5-8-7/h3,5-6,9,11H,4H2,1-2H3. The maximum atomic E-state index is 11.5. The Labute approximate surface area is 82.6 Å². The van der Waals surface area contributed by atoms with Crippen LogP contribution in [0.25, 0.3) is 0 Å². The molecule has 1 rings (SSSR count). The molecule has 0 radical (unpaired) electrons. The molecular formula is C7H13N3O3S. The number of sulfonamides is 1. The second-order valence-corrected chi connectivity index (χ2v) is 4.74. The monoisotopic (exact) mass is 219 g/mol.